The molecule has 1 heterocycles. The van der Waals surface area contributed by atoms with Crippen molar-refractivity contribution < 1.29 is 24.2 Å². The van der Waals surface area contributed by atoms with Gasteiger partial charge in [0.05, 0.1) is 33.5 Å². The molecule has 8 heteroatoms. The van der Waals surface area contributed by atoms with Crippen LogP contribution >= 0.6 is 0 Å². The highest BCUT2D eigenvalue weighted by Gasteiger charge is 2.16. The number of benzene rings is 4. The average molecular weight is 504 g/mol. The van der Waals surface area contributed by atoms with Crippen molar-refractivity contribution in [3.63, 3.8) is 0 Å². The summed E-state index contributed by atoms with van der Waals surface area (Å²) in [6, 6.07) is 30.0. The summed E-state index contributed by atoms with van der Waals surface area (Å²) >= 11 is 0. The lowest BCUT2D eigenvalue weighted by Gasteiger charge is -2.11. The Kier molecular flexibility index (Phi) is 6.86. The summed E-state index contributed by atoms with van der Waals surface area (Å²) in [5.41, 5.74) is 5.07. The maximum absolute atomic E-state index is 12.7. The minimum absolute atomic E-state index is 0.0974. The number of rotatable bonds is 7. The summed E-state index contributed by atoms with van der Waals surface area (Å²) in [6.07, 6.45) is 0. The maximum Gasteiger partial charge on any atom is 0.338 e. The first kappa shape index (κ1) is 24.3. The fraction of sp³-hybridized carbons (Fsp3) is 0.0333. The van der Waals surface area contributed by atoms with E-state index >= 15 is 0 Å². The first-order valence-electron chi connectivity index (χ1n) is 11.7. The number of ether oxygens (including phenoxy) is 1. The van der Waals surface area contributed by atoms with Gasteiger partial charge in [0.25, 0.3) is 5.91 Å². The van der Waals surface area contributed by atoms with Crippen molar-refractivity contribution in [2.45, 2.75) is 0 Å². The van der Waals surface area contributed by atoms with Gasteiger partial charge in [0.1, 0.15) is 0 Å². The Morgan fingerprint density at radius 3 is 1.82 bits per heavy atom. The van der Waals surface area contributed by atoms with E-state index in [4.69, 9.17) is 19.8 Å². The van der Waals surface area contributed by atoms with Gasteiger partial charge in [0, 0.05) is 16.8 Å². The number of esters is 1. The Bertz CT molecular complexity index is 1640. The third kappa shape index (κ3) is 5.39. The number of hydrogen-bond acceptors (Lipinski definition) is 6. The number of nitrogens with one attached hydrogen (secondary N) is 1. The molecule has 0 aliphatic heterocycles. The van der Waals surface area contributed by atoms with E-state index in [1.807, 2.05) is 60.7 Å². The Hall–Kier alpha value is -5.37. The molecule has 0 bridgehead atoms. The van der Waals surface area contributed by atoms with E-state index in [2.05, 4.69) is 5.32 Å². The van der Waals surface area contributed by atoms with Crippen LogP contribution in [-0.2, 0) is 9.53 Å². The summed E-state index contributed by atoms with van der Waals surface area (Å²) in [7, 11) is 0. The number of carboxylic acid groups (broad SMARTS) is 1. The number of amides is 1. The molecule has 0 unspecified atom stereocenters. The van der Waals surface area contributed by atoms with Gasteiger partial charge in [0.2, 0.25) is 0 Å². The lowest BCUT2D eigenvalue weighted by Crippen LogP contribution is -2.21. The number of carbonyl (C=O) groups is 3. The van der Waals surface area contributed by atoms with Crippen LogP contribution in [0.4, 0.5) is 5.69 Å². The maximum atomic E-state index is 12.7. The Morgan fingerprint density at radius 1 is 0.684 bits per heavy atom. The molecular formula is C30H21N3O5. The van der Waals surface area contributed by atoms with Crippen molar-refractivity contribution in [2.24, 2.45) is 0 Å². The Morgan fingerprint density at radius 2 is 1.24 bits per heavy atom. The normalized spacial score (nSPS) is 10.6. The molecule has 0 fully saturated rings. The quantitative estimate of drug-likeness (QED) is 0.283. The number of anilines is 1. The third-order valence-electron chi connectivity index (χ3n) is 5.74. The summed E-state index contributed by atoms with van der Waals surface area (Å²) < 4.78 is 5.19. The molecule has 0 radical (unpaired) electrons. The molecule has 0 aliphatic carbocycles. The SMILES string of the molecule is O=C(COC(=O)c1ccc2nc(-c3ccccc3)c(-c3ccccc3)nc2c1)Nc1ccc(C(=O)O)cc1. The minimum Gasteiger partial charge on any atom is -0.478 e. The molecule has 0 aliphatic rings. The van der Waals surface area contributed by atoms with Crippen molar-refractivity contribution in [2.75, 3.05) is 11.9 Å². The van der Waals surface area contributed by atoms with Gasteiger partial charge < -0.3 is 15.2 Å². The second-order valence-corrected chi connectivity index (χ2v) is 8.36. The highest BCUT2D eigenvalue weighted by molar-refractivity contribution is 5.98. The average Bonchev–Trinajstić information content (AvgIpc) is 2.96. The molecule has 1 aromatic heterocycles. The van der Waals surface area contributed by atoms with E-state index in [-0.39, 0.29) is 11.1 Å². The molecule has 38 heavy (non-hydrogen) atoms. The molecular weight excluding hydrogens is 482 g/mol. The standard InChI is InChI=1S/C30H21N3O5/c34-26(31-23-14-11-21(12-15-23)29(35)36)18-38-30(37)22-13-16-24-25(17-22)33-28(20-9-5-2-6-10-20)27(32-24)19-7-3-1-4-8-19/h1-17H,18H2,(H,31,34)(H,35,36). The number of nitrogens with zero attached hydrogens (tertiary/aromatic N) is 2. The van der Waals surface area contributed by atoms with E-state index < -0.39 is 24.5 Å². The van der Waals surface area contributed by atoms with Crippen LogP contribution in [0.2, 0.25) is 0 Å². The monoisotopic (exact) mass is 503 g/mol. The predicted octanol–water partition coefficient (Wildman–Crippen LogP) is 5.46. The fourth-order valence-electron chi connectivity index (χ4n) is 3.88. The molecule has 8 nitrogen and oxygen atoms in total. The third-order valence-corrected chi connectivity index (χ3v) is 5.74. The lowest BCUT2D eigenvalue weighted by atomic mass is 10.0. The zero-order valence-corrected chi connectivity index (χ0v) is 20.0. The number of carboxylic acids is 1. The molecule has 5 rings (SSSR count). The van der Waals surface area contributed by atoms with Gasteiger partial charge in [-0.05, 0) is 42.5 Å². The number of carbonyl (C=O) groups excluding carboxylic acids is 2. The first-order chi connectivity index (χ1) is 18.5. The molecule has 1 amide bonds. The molecule has 0 atom stereocenters. The van der Waals surface area contributed by atoms with E-state index in [1.165, 1.54) is 24.3 Å². The van der Waals surface area contributed by atoms with Crippen LogP contribution in [0.3, 0.4) is 0 Å². The van der Waals surface area contributed by atoms with Crippen molar-refractivity contribution in [3.8, 4) is 22.5 Å². The van der Waals surface area contributed by atoms with Gasteiger partial charge in [-0.25, -0.2) is 19.6 Å². The second kappa shape index (κ2) is 10.7. The van der Waals surface area contributed by atoms with Gasteiger partial charge >= 0.3 is 11.9 Å². The lowest BCUT2D eigenvalue weighted by molar-refractivity contribution is -0.119. The van der Waals surface area contributed by atoms with E-state index in [9.17, 15) is 14.4 Å². The van der Waals surface area contributed by atoms with E-state index in [1.54, 1.807) is 18.2 Å². The minimum atomic E-state index is -1.07. The number of fused-ring (bicyclic) bond motifs is 1. The van der Waals surface area contributed by atoms with E-state index in [0.29, 0.717) is 22.4 Å². The van der Waals surface area contributed by atoms with Gasteiger partial charge in [-0.2, -0.15) is 0 Å². The van der Waals surface area contributed by atoms with Crippen LogP contribution < -0.4 is 5.32 Å². The van der Waals surface area contributed by atoms with Crippen LogP contribution in [0.5, 0.6) is 0 Å². The van der Waals surface area contributed by atoms with Crippen LogP contribution in [-0.4, -0.2) is 39.5 Å². The summed E-state index contributed by atoms with van der Waals surface area (Å²) in [5.74, 6) is -2.30. The van der Waals surface area contributed by atoms with Gasteiger partial charge in [-0.3, -0.25) is 4.79 Å². The molecule has 0 saturated heterocycles. The number of hydrogen-bond donors (Lipinski definition) is 2. The topological polar surface area (TPSA) is 118 Å². The highest BCUT2D eigenvalue weighted by atomic mass is 16.5. The zero-order valence-electron chi connectivity index (χ0n) is 20.0. The zero-order chi connectivity index (χ0) is 26.5. The predicted molar refractivity (Wildman–Crippen MR) is 143 cm³/mol. The number of aromatic nitrogens is 2. The highest BCUT2D eigenvalue weighted by Crippen LogP contribution is 2.31. The van der Waals surface area contributed by atoms with Gasteiger partial charge in [-0.1, -0.05) is 60.7 Å². The second-order valence-electron chi connectivity index (χ2n) is 8.36. The molecule has 5 aromatic rings. The van der Waals surface area contributed by atoms with Crippen molar-refractivity contribution in [1.82, 2.24) is 9.97 Å². The van der Waals surface area contributed by atoms with Gasteiger partial charge in [-0.15, -0.1) is 0 Å². The molecule has 0 spiro atoms. The van der Waals surface area contributed by atoms with Crippen LogP contribution in [0.1, 0.15) is 20.7 Å². The van der Waals surface area contributed by atoms with Crippen LogP contribution in [0.25, 0.3) is 33.5 Å². The molecule has 2 N–H and O–H groups in total. The molecule has 186 valence electrons. The largest absolute Gasteiger partial charge is 0.478 e. The summed E-state index contributed by atoms with van der Waals surface area (Å²) in [6.45, 7) is -0.508. The van der Waals surface area contributed by atoms with Crippen molar-refractivity contribution in [1.29, 1.82) is 0 Å². The smallest absolute Gasteiger partial charge is 0.338 e. The van der Waals surface area contributed by atoms with Crippen LogP contribution in [0.15, 0.2) is 103 Å². The van der Waals surface area contributed by atoms with Crippen LogP contribution in [0, 0.1) is 0 Å². The summed E-state index contributed by atoms with van der Waals surface area (Å²) in [4.78, 5) is 45.6. The first-order valence-corrected chi connectivity index (χ1v) is 11.7. The molecule has 0 saturated carbocycles. The van der Waals surface area contributed by atoms with Crippen molar-refractivity contribution in [3.05, 3.63) is 114 Å². The Balaban J connectivity index is 1.36. The number of aromatic carboxylic acids is 1. The molecule has 4 aromatic carbocycles. The van der Waals surface area contributed by atoms with Gasteiger partial charge in [0.15, 0.2) is 6.61 Å². The van der Waals surface area contributed by atoms with Crippen molar-refractivity contribution >= 4 is 34.6 Å². The van der Waals surface area contributed by atoms with E-state index in [0.717, 1.165) is 16.8 Å². The fourth-order valence-corrected chi connectivity index (χ4v) is 3.88. The Labute approximate surface area is 217 Å². The summed E-state index contributed by atoms with van der Waals surface area (Å²) in [5, 5.41) is 11.5.